The second-order valence-electron chi connectivity index (χ2n) is 4.78. The van der Waals surface area contributed by atoms with Crippen LogP contribution in [0.5, 0.6) is 0 Å². The molecular weight excluding hydrogens is 262 g/mol. The number of hydrogen-bond acceptors (Lipinski definition) is 4. The fraction of sp³-hybridized carbons (Fsp3) is 0.538. The van der Waals surface area contributed by atoms with Crippen molar-refractivity contribution < 1.29 is 9.59 Å². The van der Waals surface area contributed by atoms with E-state index in [1.165, 1.54) is 4.88 Å². The molecule has 19 heavy (non-hydrogen) atoms. The van der Waals surface area contributed by atoms with Gasteiger partial charge in [0.25, 0.3) is 0 Å². The fourth-order valence-corrected chi connectivity index (χ4v) is 2.92. The van der Waals surface area contributed by atoms with Crippen molar-refractivity contribution in [1.82, 2.24) is 15.5 Å². The van der Waals surface area contributed by atoms with Crippen molar-refractivity contribution in [2.75, 3.05) is 20.1 Å². The number of carbonyl (C=O) groups is 2. The highest BCUT2D eigenvalue weighted by atomic mass is 32.1. The lowest BCUT2D eigenvalue weighted by molar-refractivity contribution is -0.133. The molecule has 1 atom stereocenters. The van der Waals surface area contributed by atoms with Gasteiger partial charge in [-0.25, -0.2) is 0 Å². The molecule has 1 aromatic rings. The van der Waals surface area contributed by atoms with E-state index in [1.807, 2.05) is 31.0 Å². The third kappa shape index (κ3) is 3.78. The summed E-state index contributed by atoms with van der Waals surface area (Å²) in [7, 11) is 1.87. The highest BCUT2D eigenvalue weighted by molar-refractivity contribution is 7.11. The Balaban J connectivity index is 1.82. The van der Waals surface area contributed by atoms with Crippen LogP contribution in [0.1, 0.15) is 16.2 Å². The summed E-state index contributed by atoms with van der Waals surface area (Å²) in [6, 6.07) is 3.70. The molecule has 104 valence electrons. The van der Waals surface area contributed by atoms with Crippen LogP contribution in [0, 0.1) is 6.92 Å². The van der Waals surface area contributed by atoms with Crippen LogP contribution in [-0.2, 0) is 16.1 Å². The third-order valence-corrected chi connectivity index (χ3v) is 4.23. The summed E-state index contributed by atoms with van der Waals surface area (Å²) in [6.07, 6.45) is 0.215. The average molecular weight is 281 g/mol. The molecule has 0 aliphatic carbocycles. The highest BCUT2D eigenvalue weighted by Gasteiger charge is 2.28. The summed E-state index contributed by atoms with van der Waals surface area (Å²) >= 11 is 1.67. The lowest BCUT2D eigenvalue weighted by Crippen LogP contribution is -2.54. The zero-order valence-electron chi connectivity index (χ0n) is 11.2. The van der Waals surface area contributed by atoms with Crippen molar-refractivity contribution in [2.24, 2.45) is 0 Å². The topological polar surface area (TPSA) is 61.4 Å². The molecule has 0 aromatic carbocycles. The molecule has 2 amide bonds. The van der Waals surface area contributed by atoms with Crippen molar-refractivity contribution in [2.45, 2.75) is 25.9 Å². The van der Waals surface area contributed by atoms with Gasteiger partial charge in [0.2, 0.25) is 11.8 Å². The number of nitrogens with one attached hydrogen (secondary N) is 2. The van der Waals surface area contributed by atoms with Gasteiger partial charge in [0, 0.05) is 22.8 Å². The molecule has 2 heterocycles. The van der Waals surface area contributed by atoms with Gasteiger partial charge < -0.3 is 10.6 Å². The Morgan fingerprint density at radius 1 is 1.58 bits per heavy atom. The minimum Gasteiger partial charge on any atom is -0.353 e. The molecule has 6 heteroatoms. The van der Waals surface area contributed by atoms with Crippen LogP contribution in [-0.4, -0.2) is 42.9 Å². The van der Waals surface area contributed by atoms with Crippen LogP contribution in [0.25, 0.3) is 0 Å². The minimum atomic E-state index is -0.348. The molecule has 0 spiro atoms. The molecule has 2 rings (SSSR count). The number of thiophene rings is 1. The van der Waals surface area contributed by atoms with Crippen LogP contribution >= 0.6 is 11.3 Å². The van der Waals surface area contributed by atoms with Gasteiger partial charge in [-0.15, -0.1) is 11.3 Å². The zero-order chi connectivity index (χ0) is 13.8. The van der Waals surface area contributed by atoms with Gasteiger partial charge in [-0.2, -0.15) is 0 Å². The molecule has 0 bridgehead atoms. The van der Waals surface area contributed by atoms with E-state index < -0.39 is 0 Å². The van der Waals surface area contributed by atoms with Gasteiger partial charge >= 0.3 is 0 Å². The molecule has 0 radical (unpaired) electrons. The monoisotopic (exact) mass is 281 g/mol. The molecule has 1 saturated heterocycles. The van der Waals surface area contributed by atoms with Gasteiger partial charge in [0.15, 0.2) is 0 Å². The summed E-state index contributed by atoms with van der Waals surface area (Å²) in [4.78, 5) is 27.8. The fourth-order valence-electron chi connectivity index (χ4n) is 2.09. The Bertz CT molecular complexity index is 472. The largest absolute Gasteiger partial charge is 0.353 e. The maximum atomic E-state index is 11.9. The molecule has 5 nitrogen and oxygen atoms in total. The third-order valence-electron chi connectivity index (χ3n) is 3.23. The number of likely N-dealkylation sites (N-methyl/N-ethyl adjacent to an activating group) is 1. The van der Waals surface area contributed by atoms with Crippen LogP contribution in [0.4, 0.5) is 0 Å². The van der Waals surface area contributed by atoms with Gasteiger partial charge in [0.05, 0.1) is 19.0 Å². The van der Waals surface area contributed by atoms with E-state index in [0.717, 1.165) is 11.4 Å². The maximum absolute atomic E-state index is 11.9. The average Bonchev–Trinajstić information content (AvgIpc) is 2.77. The lowest BCUT2D eigenvalue weighted by atomic mass is 10.1. The van der Waals surface area contributed by atoms with Gasteiger partial charge in [-0.1, -0.05) is 0 Å². The normalized spacial score (nSPS) is 20.1. The van der Waals surface area contributed by atoms with Gasteiger partial charge in [-0.3, -0.25) is 14.5 Å². The van der Waals surface area contributed by atoms with E-state index in [-0.39, 0.29) is 24.3 Å². The number of hydrogen-bond donors (Lipinski definition) is 2. The summed E-state index contributed by atoms with van der Waals surface area (Å²) in [5.41, 5.74) is 0. The first-order valence-electron chi connectivity index (χ1n) is 6.36. The molecule has 1 unspecified atom stereocenters. The first kappa shape index (κ1) is 14.0. The summed E-state index contributed by atoms with van der Waals surface area (Å²) in [5, 5.41) is 5.65. The van der Waals surface area contributed by atoms with Crippen LogP contribution < -0.4 is 10.6 Å². The predicted octanol–water partition coefficient (Wildman–Crippen LogP) is 0.493. The Hall–Kier alpha value is -1.40. The summed E-state index contributed by atoms with van der Waals surface area (Å²) < 4.78 is 0. The highest BCUT2D eigenvalue weighted by Crippen LogP contribution is 2.14. The first-order chi connectivity index (χ1) is 9.06. The van der Waals surface area contributed by atoms with E-state index in [4.69, 9.17) is 0 Å². The standard InChI is InChI=1S/C13H19N3O2S/c1-9-3-4-10(19-9)8-15-12(17)7-11-13(18)14-5-6-16(11)2/h3-4,11H,5-8H2,1-2H3,(H,14,18)(H,15,17). The molecule has 1 fully saturated rings. The van der Waals surface area contributed by atoms with Crippen molar-refractivity contribution in [3.05, 3.63) is 21.9 Å². The van der Waals surface area contributed by atoms with Crippen LogP contribution in [0.3, 0.4) is 0 Å². The van der Waals surface area contributed by atoms with Crippen molar-refractivity contribution in [3.63, 3.8) is 0 Å². The second-order valence-corrected chi connectivity index (χ2v) is 6.15. The number of carbonyl (C=O) groups excluding carboxylic acids is 2. The van der Waals surface area contributed by atoms with E-state index in [0.29, 0.717) is 13.1 Å². The number of aryl methyl sites for hydroxylation is 1. The molecule has 1 aliphatic rings. The van der Waals surface area contributed by atoms with E-state index >= 15 is 0 Å². The quantitative estimate of drug-likeness (QED) is 0.844. The van der Waals surface area contributed by atoms with Gasteiger partial charge in [-0.05, 0) is 26.1 Å². The van der Waals surface area contributed by atoms with E-state index in [2.05, 4.69) is 10.6 Å². The first-order valence-corrected chi connectivity index (χ1v) is 7.18. The zero-order valence-corrected chi connectivity index (χ0v) is 12.0. The lowest BCUT2D eigenvalue weighted by Gasteiger charge is -2.31. The SMILES string of the molecule is Cc1ccc(CNC(=O)CC2C(=O)NCCN2C)s1. The molecule has 2 N–H and O–H groups in total. The van der Waals surface area contributed by atoms with E-state index in [1.54, 1.807) is 11.3 Å². The molecule has 1 aliphatic heterocycles. The molecule has 0 saturated carbocycles. The predicted molar refractivity (Wildman–Crippen MR) is 74.9 cm³/mol. The molecule has 1 aromatic heterocycles. The van der Waals surface area contributed by atoms with Crippen molar-refractivity contribution in [1.29, 1.82) is 0 Å². The second kappa shape index (κ2) is 6.16. The van der Waals surface area contributed by atoms with Crippen LogP contribution in [0.2, 0.25) is 0 Å². The Kier molecular flexibility index (Phi) is 4.55. The van der Waals surface area contributed by atoms with Gasteiger partial charge in [0.1, 0.15) is 0 Å². The Labute approximate surface area is 117 Å². The van der Waals surface area contributed by atoms with Crippen molar-refractivity contribution >= 4 is 23.2 Å². The Morgan fingerprint density at radius 2 is 2.37 bits per heavy atom. The number of amides is 2. The number of nitrogens with zero attached hydrogens (tertiary/aromatic N) is 1. The molecular formula is C13H19N3O2S. The van der Waals surface area contributed by atoms with Crippen molar-refractivity contribution in [3.8, 4) is 0 Å². The summed E-state index contributed by atoms with van der Waals surface area (Å²) in [6.45, 7) is 4.02. The van der Waals surface area contributed by atoms with Crippen LogP contribution in [0.15, 0.2) is 12.1 Å². The minimum absolute atomic E-state index is 0.0594. The number of piperazine rings is 1. The number of rotatable bonds is 4. The smallest absolute Gasteiger partial charge is 0.237 e. The van der Waals surface area contributed by atoms with E-state index in [9.17, 15) is 9.59 Å². The Morgan fingerprint density at radius 3 is 3.00 bits per heavy atom. The summed E-state index contributed by atoms with van der Waals surface area (Å²) in [5.74, 6) is -0.143. The maximum Gasteiger partial charge on any atom is 0.237 e.